The zero-order valence-corrected chi connectivity index (χ0v) is 16.8. The summed E-state index contributed by atoms with van der Waals surface area (Å²) < 4.78 is 18.5. The number of amides is 1. The molecule has 4 aromatic rings. The molecule has 1 aromatic carbocycles. The standard InChI is InChI=1S/C23H20FN5O2/c1-31-21-7-4-16(11-27-21)20-10-17(23(30)26-9-8-19-13-25-14-29-19)12-28-22(20)15-2-5-18(24)6-3-15/h2-7,10-14H,8-9H2,1H3,(H,25,29)(H,26,30). The molecule has 3 heterocycles. The number of aromatic amines is 1. The van der Waals surface area contributed by atoms with Gasteiger partial charge in [0.05, 0.1) is 24.7 Å². The first-order chi connectivity index (χ1) is 15.1. The van der Waals surface area contributed by atoms with Crippen molar-refractivity contribution in [2.24, 2.45) is 0 Å². The average molecular weight is 417 g/mol. The number of H-pyrrole nitrogens is 1. The number of imidazole rings is 1. The Hall–Kier alpha value is -4.07. The maximum absolute atomic E-state index is 13.4. The third-order valence-electron chi connectivity index (χ3n) is 4.76. The van der Waals surface area contributed by atoms with Crippen molar-refractivity contribution in [2.45, 2.75) is 6.42 Å². The molecule has 8 heteroatoms. The first-order valence-electron chi connectivity index (χ1n) is 9.66. The highest BCUT2D eigenvalue weighted by atomic mass is 19.1. The minimum Gasteiger partial charge on any atom is -0.481 e. The molecular formula is C23H20FN5O2. The molecule has 0 unspecified atom stereocenters. The highest BCUT2D eigenvalue weighted by Gasteiger charge is 2.15. The Morgan fingerprint density at radius 3 is 2.55 bits per heavy atom. The smallest absolute Gasteiger partial charge is 0.252 e. The molecule has 0 aliphatic heterocycles. The maximum Gasteiger partial charge on any atom is 0.252 e. The second-order valence-corrected chi connectivity index (χ2v) is 6.80. The van der Waals surface area contributed by atoms with Gasteiger partial charge in [0.15, 0.2) is 0 Å². The number of aromatic nitrogens is 4. The van der Waals surface area contributed by atoms with Crippen molar-refractivity contribution in [3.8, 4) is 28.3 Å². The Bertz CT molecular complexity index is 1160. The van der Waals surface area contributed by atoms with Crippen molar-refractivity contribution in [3.05, 3.63) is 84.5 Å². The number of halogens is 1. The molecular weight excluding hydrogens is 397 g/mol. The normalized spacial score (nSPS) is 10.6. The van der Waals surface area contributed by atoms with Gasteiger partial charge in [-0.05, 0) is 36.4 Å². The molecule has 0 spiro atoms. The predicted octanol–water partition coefficient (Wildman–Crippen LogP) is 3.65. The van der Waals surface area contributed by atoms with Crippen LogP contribution in [-0.4, -0.2) is 39.5 Å². The third-order valence-corrected chi connectivity index (χ3v) is 4.76. The Morgan fingerprint density at radius 1 is 1.06 bits per heavy atom. The lowest BCUT2D eigenvalue weighted by molar-refractivity contribution is 0.0954. The molecule has 4 rings (SSSR count). The van der Waals surface area contributed by atoms with Crippen LogP contribution < -0.4 is 10.1 Å². The van der Waals surface area contributed by atoms with Gasteiger partial charge in [0, 0.05) is 60.0 Å². The first-order valence-corrected chi connectivity index (χ1v) is 9.66. The van der Waals surface area contributed by atoms with E-state index in [2.05, 4.69) is 25.3 Å². The number of hydrogen-bond donors (Lipinski definition) is 2. The Balaban J connectivity index is 1.64. The monoisotopic (exact) mass is 417 g/mol. The Morgan fingerprint density at radius 2 is 1.87 bits per heavy atom. The number of methoxy groups -OCH3 is 1. The topological polar surface area (TPSA) is 92.8 Å². The van der Waals surface area contributed by atoms with E-state index < -0.39 is 0 Å². The van der Waals surface area contributed by atoms with Crippen molar-refractivity contribution in [1.82, 2.24) is 25.3 Å². The third kappa shape index (κ3) is 4.75. The fourth-order valence-electron chi connectivity index (χ4n) is 3.14. The van der Waals surface area contributed by atoms with Crippen molar-refractivity contribution in [3.63, 3.8) is 0 Å². The molecule has 0 fully saturated rings. The van der Waals surface area contributed by atoms with E-state index in [9.17, 15) is 9.18 Å². The summed E-state index contributed by atoms with van der Waals surface area (Å²) in [5.41, 5.74) is 4.19. The molecule has 31 heavy (non-hydrogen) atoms. The number of pyridine rings is 2. The van der Waals surface area contributed by atoms with Gasteiger partial charge in [0.25, 0.3) is 5.91 Å². The SMILES string of the molecule is COc1ccc(-c2cc(C(=O)NCCc3cnc[nH]3)cnc2-c2ccc(F)cc2)cn1. The maximum atomic E-state index is 13.4. The van der Waals surface area contributed by atoms with Crippen LogP contribution in [0.15, 0.2) is 67.4 Å². The molecule has 0 aliphatic rings. The lowest BCUT2D eigenvalue weighted by Gasteiger charge is -2.12. The molecule has 0 aliphatic carbocycles. The van der Waals surface area contributed by atoms with Gasteiger partial charge in [-0.15, -0.1) is 0 Å². The molecule has 1 amide bonds. The van der Waals surface area contributed by atoms with Gasteiger partial charge in [-0.25, -0.2) is 14.4 Å². The molecule has 156 valence electrons. The van der Waals surface area contributed by atoms with Crippen LogP contribution in [0, 0.1) is 5.82 Å². The number of nitrogens with zero attached hydrogens (tertiary/aromatic N) is 3. The molecule has 7 nitrogen and oxygen atoms in total. The summed E-state index contributed by atoms with van der Waals surface area (Å²) in [4.78, 5) is 28.4. The molecule has 0 bridgehead atoms. The lowest BCUT2D eigenvalue weighted by atomic mass is 9.98. The van der Waals surface area contributed by atoms with E-state index in [1.165, 1.54) is 18.3 Å². The van der Waals surface area contributed by atoms with E-state index in [0.29, 0.717) is 35.7 Å². The largest absolute Gasteiger partial charge is 0.481 e. The number of ether oxygens (including phenoxy) is 1. The minimum absolute atomic E-state index is 0.236. The fourth-order valence-corrected chi connectivity index (χ4v) is 3.14. The summed E-state index contributed by atoms with van der Waals surface area (Å²) >= 11 is 0. The molecule has 0 radical (unpaired) electrons. The fraction of sp³-hybridized carbons (Fsp3) is 0.130. The van der Waals surface area contributed by atoms with E-state index in [1.54, 1.807) is 50.1 Å². The van der Waals surface area contributed by atoms with Crippen LogP contribution in [0.3, 0.4) is 0 Å². The van der Waals surface area contributed by atoms with Crippen LogP contribution >= 0.6 is 0 Å². The van der Waals surface area contributed by atoms with Crippen LogP contribution in [-0.2, 0) is 6.42 Å². The van der Waals surface area contributed by atoms with Gasteiger partial charge < -0.3 is 15.0 Å². The number of carbonyl (C=O) groups excluding carboxylic acids is 1. The van der Waals surface area contributed by atoms with Crippen molar-refractivity contribution in [2.75, 3.05) is 13.7 Å². The van der Waals surface area contributed by atoms with Gasteiger partial charge >= 0.3 is 0 Å². The number of hydrogen-bond acceptors (Lipinski definition) is 5. The second kappa shape index (κ2) is 9.17. The zero-order valence-electron chi connectivity index (χ0n) is 16.8. The number of benzene rings is 1. The van der Waals surface area contributed by atoms with Gasteiger partial charge in [-0.2, -0.15) is 0 Å². The van der Waals surface area contributed by atoms with E-state index in [4.69, 9.17) is 4.74 Å². The molecule has 0 saturated carbocycles. The second-order valence-electron chi connectivity index (χ2n) is 6.80. The summed E-state index contributed by atoms with van der Waals surface area (Å²) in [6, 6.07) is 11.4. The average Bonchev–Trinajstić information content (AvgIpc) is 3.33. The summed E-state index contributed by atoms with van der Waals surface area (Å²) in [7, 11) is 1.54. The number of rotatable bonds is 7. The van der Waals surface area contributed by atoms with Crippen molar-refractivity contribution >= 4 is 5.91 Å². The molecule has 2 N–H and O–H groups in total. The molecule has 0 atom stereocenters. The number of carbonyl (C=O) groups is 1. The van der Waals surface area contributed by atoms with E-state index in [0.717, 1.165) is 16.8 Å². The van der Waals surface area contributed by atoms with Crippen LogP contribution in [0.2, 0.25) is 0 Å². The van der Waals surface area contributed by atoms with Crippen LogP contribution in [0.25, 0.3) is 22.4 Å². The lowest BCUT2D eigenvalue weighted by Crippen LogP contribution is -2.26. The molecule has 0 saturated heterocycles. The predicted molar refractivity (Wildman–Crippen MR) is 114 cm³/mol. The zero-order chi connectivity index (χ0) is 21.6. The summed E-state index contributed by atoms with van der Waals surface area (Å²) in [6.07, 6.45) is 7.14. The van der Waals surface area contributed by atoms with Crippen molar-refractivity contribution < 1.29 is 13.9 Å². The summed E-state index contributed by atoms with van der Waals surface area (Å²) in [5, 5.41) is 2.89. The van der Waals surface area contributed by atoms with E-state index in [1.807, 2.05) is 6.07 Å². The number of nitrogens with one attached hydrogen (secondary N) is 2. The quantitative estimate of drug-likeness (QED) is 0.479. The Kier molecular flexibility index (Phi) is 5.98. The molecule has 3 aromatic heterocycles. The van der Waals surface area contributed by atoms with E-state index in [-0.39, 0.29) is 11.7 Å². The van der Waals surface area contributed by atoms with E-state index >= 15 is 0 Å². The highest BCUT2D eigenvalue weighted by Crippen LogP contribution is 2.31. The van der Waals surface area contributed by atoms with Crippen molar-refractivity contribution in [1.29, 1.82) is 0 Å². The van der Waals surface area contributed by atoms with Crippen LogP contribution in [0.4, 0.5) is 4.39 Å². The summed E-state index contributed by atoms with van der Waals surface area (Å²) in [6.45, 7) is 0.458. The summed E-state index contributed by atoms with van der Waals surface area (Å²) in [5.74, 6) is -0.0854. The van der Waals surface area contributed by atoms with Gasteiger partial charge in [0.2, 0.25) is 5.88 Å². The van der Waals surface area contributed by atoms with Gasteiger partial charge in [0.1, 0.15) is 5.82 Å². The highest BCUT2D eigenvalue weighted by molar-refractivity contribution is 5.96. The van der Waals surface area contributed by atoms with Gasteiger partial charge in [-0.1, -0.05) is 0 Å². The van der Waals surface area contributed by atoms with Gasteiger partial charge in [-0.3, -0.25) is 9.78 Å². The van der Waals surface area contributed by atoms with Crippen LogP contribution in [0.1, 0.15) is 16.1 Å². The minimum atomic E-state index is -0.329. The van der Waals surface area contributed by atoms with Crippen LogP contribution in [0.5, 0.6) is 5.88 Å². The Labute approximate surface area is 178 Å². The first kappa shape index (κ1) is 20.2.